The van der Waals surface area contributed by atoms with Crippen LogP contribution >= 0.6 is 24.8 Å². The molecule has 0 bridgehead atoms. The molecular weight excluding hydrogens is 333 g/mol. The van der Waals surface area contributed by atoms with Crippen molar-refractivity contribution < 1.29 is 4.79 Å². The zero-order chi connectivity index (χ0) is 15.5. The van der Waals surface area contributed by atoms with Crippen molar-refractivity contribution in [2.75, 3.05) is 27.2 Å². The van der Waals surface area contributed by atoms with Gasteiger partial charge < -0.3 is 16.0 Å². The van der Waals surface area contributed by atoms with Gasteiger partial charge in [-0.2, -0.15) is 0 Å². The summed E-state index contributed by atoms with van der Waals surface area (Å²) in [7, 11) is 4.30. The number of halogens is 2. The first-order chi connectivity index (χ1) is 9.94. The molecule has 3 N–H and O–H groups in total. The highest BCUT2D eigenvalue weighted by Gasteiger charge is 2.42. The Bertz CT molecular complexity index is 373. The minimum atomic E-state index is -0.284. The Labute approximate surface area is 154 Å². The van der Waals surface area contributed by atoms with Gasteiger partial charge in [-0.05, 0) is 45.7 Å². The third-order valence-corrected chi connectivity index (χ3v) is 6.03. The Kier molecular flexibility index (Phi) is 9.44. The van der Waals surface area contributed by atoms with E-state index in [1.807, 2.05) is 0 Å². The zero-order valence-corrected chi connectivity index (χ0v) is 16.5. The van der Waals surface area contributed by atoms with Crippen molar-refractivity contribution in [2.45, 2.75) is 63.8 Å². The number of carbonyl (C=O) groups is 1. The lowest BCUT2D eigenvalue weighted by Gasteiger charge is -2.45. The molecule has 23 heavy (non-hydrogen) atoms. The molecular formula is C17H35Cl2N3O. The molecule has 2 atom stereocenters. The smallest absolute Gasteiger partial charge is 0.227 e. The Morgan fingerprint density at radius 3 is 2.26 bits per heavy atom. The second kappa shape index (κ2) is 9.45. The van der Waals surface area contributed by atoms with E-state index in [0.29, 0.717) is 6.54 Å². The van der Waals surface area contributed by atoms with E-state index in [1.54, 1.807) is 0 Å². The lowest BCUT2D eigenvalue weighted by atomic mass is 9.75. The Morgan fingerprint density at radius 2 is 1.78 bits per heavy atom. The number of carbonyl (C=O) groups excluding carboxylic acids is 1. The Balaban J connectivity index is 0.00000242. The average molecular weight is 368 g/mol. The van der Waals surface area contributed by atoms with Gasteiger partial charge in [-0.15, -0.1) is 24.8 Å². The third-order valence-electron chi connectivity index (χ3n) is 6.03. The molecule has 2 rings (SSSR count). The minimum Gasteiger partial charge on any atom is -0.354 e. The van der Waals surface area contributed by atoms with E-state index in [2.05, 4.69) is 31.2 Å². The van der Waals surface area contributed by atoms with Crippen molar-refractivity contribution in [3.8, 4) is 0 Å². The van der Waals surface area contributed by atoms with Gasteiger partial charge in [0.05, 0.1) is 5.41 Å². The Hall–Kier alpha value is -0.0300. The molecule has 2 saturated carbocycles. The van der Waals surface area contributed by atoms with Crippen molar-refractivity contribution in [3.63, 3.8) is 0 Å². The van der Waals surface area contributed by atoms with Crippen LogP contribution in [0.2, 0.25) is 0 Å². The summed E-state index contributed by atoms with van der Waals surface area (Å²) in [5.41, 5.74) is 5.76. The van der Waals surface area contributed by atoms with Gasteiger partial charge in [0.15, 0.2) is 0 Å². The molecule has 0 spiro atoms. The molecule has 138 valence electrons. The fourth-order valence-corrected chi connectivity index (χ4v) is 4.37. The summed E-state index contributed by atoms with van der Waals surface area (Å²) < 4.78 is 0. The topological polar surface area (TPSA) is 58.4 Å². The van der Waals surface area contributed by atoms with Crippen LogP contribution in [0.5, 0.6) is 0 Å². The minimum absolute atomic E-state index is 0. The van der Waals surface area contributed by atoms with Crippen LogP contribution in [0, 0.1) is 11.3 Å². The summed E-state index contributed by atoms with van der Waals surface area (Å²) in [5, 5.41) is 3.27. The molecule has 0 aliphatic heterocycles. The molecule has 6 heteroatoms. The average Bonchev–Trinajstić information content (AvgIpc) is 2.95. The molecule has 2 aliphatic carbocycles. The summed E-state index contributed by atoms with van der Waals surface area (Å²) in [4.78, 5) is 15.0. The van der Waals surface area contributed by atoms with Gasteiger partial charge in [0.25, 0.3) is 0 Å². The molecule has 1 amide bonds. The van der Waals surface area contributed by atoms with E-state index < -0.39 is 0 Å². The monoisotopic (exact) mass is 367 g/mol. The fraction of sp³-hybridized carbons (Fsp3) is 0.941. The molecule has 0 heterocycles. The molecule has 0 radical (unpaired) electrons. The Morgan fingerprint density at radius 1 is 1.17 bits per heavy atom. The highest BCUT2D eigenvalue weighted by Crippen LogP contribution is 2.38. The fourth-order valence-electron chi connectivity index (χ4n) is 4.37. The summed E-state index contributed by atoms with van der Waals surface area (Å²) in [6.07, 6.45) is 9.13. The van der Waals surface area contributed by atoms with Crippen LogP contribution in [0.25, 0.3) is 0 Å². The normalized spacial score (nSPS) is 29.5. The van der Waals surface area contributed by atoms with Gasteiger partial charge in [0, 0.05) is 18.6 Å². The summed E-state index contributed by atoms with van der Waals surface area (Å²) in [6.45, 7) is 3.59. The number of rotatable bonds is 5. The van der Waals surface area contributed by atoms with Crippen LogP contribution in [0.15, 0.2) is 0 Å². The number of hydrogen-bond acceptors (Lipinski definition) is 3. The highest BCUT2D eigenvalue weighted by molar-refractivity contribution is 5.85. The first-order valence-electron chi connectivity index (χ1n) is 8.60. The van der Waals surface area contributed by atoms with E-state index in [9.17, 15) is 4.79 Å². The lowest BCUT2D eigenvalue weighted by molar-refractivity contribution is -0.131. The van der Waals surface area contributed by atoms with Crippen molar-refractivity contribution in [2.24, 2.45) is 17.1 Å². The van der Waals surface area contributed by atoms with Gasteiger partial charge in [0.2, 0.25) is 5.91 Å². The number of nitrogens with one attached hydrogen (secondary N) is 1. The third kappa shape index (κ3) is 4.97. The van der Waals surface area contributed by atoms with Gasteiger partial charge >= 0.3 is 0 Å². The maximum absolute atomic E-state index is 12.7. The molecule has 0 saturated heterocycles. The first kappa shape index (κ1) is 23.0. The van der Waals surface area contributed by atoms with Crippen molar-refractivity contribution in [1.29, 1.82) is 0 Å². The second-order valence-electron chi connectivity index (χ2n) is 7.69. The van der Waals surface area contributed by atoms with Crippen LogP contribution in [-0.4, -0.2) is 43.5 Å². The van der Waals surface area contributed by atoms with Crippen LogP contribution in [0.3, 0.4) is 0 Å². The first-order valence-corrected chi connectivity index (χ1v) is 8.60. The molecule has 0 aromatic heterocycles. The van der Waals surface area contributed by atoms with Gasteiger partial charge in [-0.25, -0.2) is 0 Å². The predicted octanol–water partition coefficient (Wildman–Crippen LogP) is 2.98. The SMILES string of the molecule is CC1CCCC(CNC(=O)C2(CN)CCCC2)(N(C)C)C1.Cl.Cl. The van der Waals surface area contributed by atoms with Gasteiger partial charge in [0.1, 0.15) is 0 Å². The molecule has 0 aromatic carbocycles. The van der Waals surface area contributed by atoms with E-state index in [0.717, 1.165) is 38.1 Å². The molecule has 2 fully saturated rings. The van der Waals surface area contributed by atoms with E-state index in [-0.39, 0.29) is 41.7 Å². The maximum atomic E-state index is 12.7. The summed E-state index contributed by atoms with van der Waals surface area (Å²) >= 11 is 0. The standard InChI is InChI=1S/C17H33N3O.2ClH/c1-14-7-6-10-17(11-14,20(2)3)13-19-15(21)16(12-18)8-4-5-9-16;;/h14H,4-13,18H2,1-3H3,(H,19,21);2*1H. The predicted molar refractivity (Wildman–Crippen MR) is 102 cm³/mol. The highest BCUT2D eigenvalue weighted by atomic mass is 35.5. The maximum Gasteiger partial charge on any atom is 0.227 e. The summed E-state index contributed by atoms with van der Waals surface area (Å²) in [6, 6.07) is 0. The quantitative estimate of drug-likeness (QED) is 0.784. The van der Waals surface area contributed by atoms with Crippen LogP contribution in [0.1, 0.15) is 58.3 Å². The number of nitrogens with zero attached hydrogens (tertiary/aromatic N) is 1. The zero-order valence-electron chi connectivity index (χ0n) is 14.9. The molecule has 2 unspecified atom stereocenters. The van der Waals surface area contributed by atoms with E-state index in [4.69, 9.17) is 5.73 Å². The molecule has 0 aromatic rings. The van der Waals surface area contributed by atoms with Gasteiger partial charge in [-0.1, -0.05) is 32.6 Å². The van der Waals surface area contributed by atoms with Crippen molar-refractivity contribution >= 4 is 30.7 Å². The summed E-state index contributed by atoms with van der Waals surface area (Å²) in [5.74, 6) is 0.940. The number of hydrogen-bond donors (Lipinski definition) is 2. The van der Waals surface area contributed by atoms with Crippen molar-refractivity contribution in [1.82, 2.24) is 10.2 Å². The molecule has 2 aliphatic rings. The number of nitrogens with two attached hydrogens (primary N) is 1. The van der Waals surface area contributed by atoms with E-state index >= 15 is 0 Å². The number of likely N-dealkylation sites (N-methyl/N-ethyl adjacent to an activating group) is 1. The lowest BCUT2D eigenvalue weighted by Crippen LogP contribution is -2.57. The second-order valence-corrected chi connectivity index (χ2v) is 7.69. The van der Waals surface area contributed by atoms with Crippen molar-refractivity contribution in [3.05, 3.63) is 0 Å². The number of amides is 1. The van der Waals surface area contributed by atoms with Crippen LogP contribution < -0.4 is 11.1 Å². The van der Waals surface area contributed by atoms with E-state index in [1.165, 1.54) is 25.7 Å². The van der Waals surface area contributed by atoms with Gasteiger partial charge in [-0.3, -0.25) is 4.79 Å². The largest absolute Gasteiger partial charge is 0.354 e. The molecule has 4 nitrogen and oxygen atoms in total. The van der Waals surface area contributed by atoms with Crippen LogP contribution in [-0.2, 0) is 4.79 Å². The van der Waals surface area contributed by atoms with Crippen LogP contribution in [0.4, 0.5) is 0 Å².